The van der Waals surface area contributed by atoms with Gasteiger partial charge in [0.25, 0.3) is 11.3 Å². The third kappa shape index (κ3) is 2.53. The van der Waals surface area contributed by atoms with E-state index in [0.717, 1.165) is 5.56 Å². The summed E-state index contributed by atoms with van der Waals surface area (Å²) in [5.74, 6) is -0.691. The summed E-state index contributed by atoms with van der Waals surface area (Å²) < 4.78 is 2.68. The molecule has 124 valence electrons. The topological polar surface area (TPSA) is 102 Å². The van der Waals surface area contributed by atoms with E-state index in [-0.39, 0.29) is 6.42 Å². The van der Waals surface area contributed by atoms with E-state index in [4.69, 9.17) is 0 Å². The van der Waals surface area contributed by atoms with Crippen molar-refractivity contribution in [3.8, 4) is 0 Å². The van der Waals surface area contributed by atoms with Crippen LogP contribution in [0.2, 0.25) is 0 Å². The van der Waals surface area contributed by atoms with Crippen LogP contribution < -0.4 is 5.56 Å². The molecule has 0 unspecified atom stereocenters. The second-order valence-electron chi connectivity index (χ2n) is 5.60. The lowest BCUT2D eigenvalue weighted by Crippen LogP contribution is -2.31. The Balaban J connectivity index is 1.86. The highest BCUT2D eigenvalue weighted by atomic mass is 16.4. The van der Waals surface area contributed by atoms with Gasteiger partial charge in [-0.3, -0.25) is 4.79 Å². The SMILES string of the molecule is O=C(O)[C@H](Cc1ccccc1)n1ccc2c(cnc3ncnn32)c1=O. The van der Waals surface area contributed by atoms with Gasteiger partial charge in [-0.1, -0.05) is 30.3 Å². The van der Waals surface area contributed by atoms with Crippen molar-refractivity contribution in [1.29, 1.82) is 0 Å². The van der Waals surface area contributed by atoms with Crippen LogP contribution in [0.5, 0.6) is 0 Å². The van der Waals surface area contributed by atoms with E-state index in [1.165, 1.54) is 27.8 Å². The molecule has 4 rings (SSSR count). The van der Waals surface area contributed by atoms with Gasteiger partial charge < -0.3 is 9.67 Å². The number of nitrogens with zero attached hydrogens (tertiary/aromatic N) is 5. The molecule has 1 N–H and O–H groups in total. The average Bonchev–Trinajstić information content (AvgIpc) is 3.10. The maximum absolute atomic E-state index is 12.8. The summed E-state index contributed by atoms with van der Waals surface area (Å²) in [5, 5.41) is 14.0. The van der Waals surface area contributed by atoms with Crippen LogP contribution in [0.15, 0.2) is 59.9 Å². The molecule has 0 saturated heterocycles. The molecule has 0 aliphatic rings. The number of aliphatic carboxylic acids is 1. The number of pyridine rings is 1. The maximum Gasteiger partial charge on any atom is 0.327 e. The van der Waals surface area contributed by atoms with Crippen molar-refractivity contribution < 1.29 is 9.90 Å². The quantitative estimate of drug-likeness (QED) is 0.603. The fourth-order valence-electron chi connectivity index (χ4n) is 2.87. The van der Waals surface area contributed by atoms with Crippen molar-refractivity contribution in [3.05, 3.63) is 71.0 Å². The van der Waals surface area contributed by atoms with E-state index < -0.39 is 17.6 Å². The molecule has 0 fully saturated rings. The number of carbonyl (C=O) groups is 1. The first-order valence-corrected chi connectivity index (χ1v) is 7.61. The van der Waals surface area contributed by atoms with Gasteiger partial charge >= 0.3 is 5.97 Å². The third-order valence-corrected chi connectivity index (χ3v) is 4.09. The zero-order valence-electron chi connectivity index (χ0n) is 13.0. The first-order valence-electron chi connectivity index (χ1n) is 7.61. The molecule has 0 bridgehead atoms. The fourth-order valence-corrected chi connectivity index (χ4v) is 2.87. The smallest absolute Gasteiger partial charge is 0.327 e. The molecule has 0 saturated carbocycles. The van der Waals surface area contributed by atoms with Crippen molar-refractivity contribution in [2.24, 2.45) is 0 Å². The summed E-state index contributed by atoms with van der Waals surface area (Å²) in [5.41, 5.74) is 0.949. The minimum Gasteiger partial charge on any atom is -0.480 e. The zero-order chi connectivity index (χ0) is 17.4. The van der Waals surface area contributed by atoms with E-state index in [2.05, 4.69) is 15.1 Å². The number of hydrogen-bond acceptors (Lipinski definition) is 5. The summed E-state index contributed by atoms with van der Waals surface area (Å²) in [6.07, 6.45) is 4.44. The van der Waals surface area contributed by atoms with Crippen LogP contribution in [0.4, 0.5) is 0 Å². The van der Waals surface area contributed by atoms with E-state index in [1.54, 1.807) is 6.07 Å². The highest BCUT2D eigenvalue weighted by Gasteiger charge is 2.22. The van der Waals surface area contributed by atoms with Gasteiger partial charge in [-0.05, 0) is 11.6 Å². The first kappa shape index (κ1) is 15.0. The van der Waals surface area contributed by atoms with Crippen LogP contribution in [0.3, 0.4) is 0 Å². The van der Waals surface area contributed by atoms with Gasteiger partial charge in [0.1, 0.15) is 12.4 Å². The second-order valence-corrected chi connectivity index (χ2v) is 5.60. The molecule has 0 radical (unpaired) electrons. The monoisotopic (exact) mass is 335 g/mol. The minimum atomic E-state index is -1.07. The normalized spacial score (nSPS) is 12.5. The molecule has 0 aliphatic heterocycles. The summed E-state index contributed by atoms with van der Waals surface area (Å²) in [6, 6.07) is 9.85. The van der Waals surface area contributed by atoms with Crippen LogP contribution >= 0.6 is 0 Å². The van der Waals surface area contributed by atoms with Gasteiger partial charge in [0, 0.05) is 18.8 Å². The van der Waals surface area contributed by atoms with Gasteiger partial charge in [-0.2, -0.15) is 14.6 Å². The van der Waals surface area contributed by atoms with Crippen LogP contribution in [0.25, 0.3) is 16.7 Å². The van der Waals surface area contributed by atoms with Gasteiger partial charge in [0.2, 0.25) is 0 Å². The molecule has 8 nitrogen and oxygen atoms in total. The van der Waals surface area contributed by atoms with E-state index in [1.807, 2.05) is 30.3 Å². The third-order valence-electron chi connectivity index (χ3n) is 4.09. The van der Waals surface area contributed by atoms with Crippen LogP contribution in [-0.4, -0.2) is 35.2 Å². The molecule has 0 amide bonds. The molecule has 4 aromatic rings. The van der Waals surface area contributed by atoms with Gasteiger partial charge in [-0.15, -0.1) is 0 Å². The molecule has 1 aromatic carbocycles. The number of carboxylic acid groups (broad SMARTS) is 1. The number of carboxylic acids is 1. The molecule has 0 spiro atoms. The molecule has 3 aromatic heterocycles. The molecule has 0 aliphatic carbocycles. The zero-order valence-corrected chi connectivity index (χ0v) is 13.0. The van der Waals surface area contributed by atoms with Gasteiger partial charge in [0.05, 0.1) is 10.9 Å². The van der Waals surface area contributed by atoms with E-state index >= 15 is 0 Å². The maximum atomic E-state index is 12.8. The Hall–Kier alpha value is -3.55. The van der Waals surface area contributed by atoms with Crippen molar-refractivity contribution >= 4 is 22.6 Å². The predicted octanol–water partition coefficient (Wildman–Crippen LogP) is 1.31. The van der Waals surface area contributed by atoms with Gasteiger partial charge in [-0.25, -0.2) is 9.78 Å². The minimum absolute atomic E-state index is 0.209. The number of aromatic nitrogens is 5. The lowest BCUT2D eigenvalue weighted by Gasteiger charge is -2.16. The Morgan fingerprint density at radius 3 is 2.72 bits per heavy atom. The molecule has 8 heteroatoms. The average molecular weight is 335 g/mol. The predicted molar refractivity (Wildman–Crippen MR) is 89.4 cm³/mol. The summed E-state index contributed by atoms with van der Waals surface area (Å²) in [6.45, 7) is 0. The molecule has 3 heterocycles. The lowest BCUT2D eigenvalue weighted by molar-refractivity contribution is -0.141. The molecule has 25 heavy (non-hydrogen) atoms. The van der Waals surface area contributed by atoms with Crippen LogP contribution in [0.1, 0.15) is 11.6 Å². The Morgan fingerprint density at radius 1 is 1.16 bits per heavy atom. The highest BCUT2D eigenvalue weighted by Crippen LogP contribution is 2.16. The van der Waals surface area contributed by atoms with Crippen molar-refractivity contribution in [2.75, 3.05) is 0 Å². The molecular formula is C17H13N5O3. The Morgan fingerprint density at radius 2 is 1.96 bits per heavy atom. The number of benzene rings is 1. The number of hydrogen-bond donors (Lipinski definition) is 1. The summed E-state index contributed by atoms with van der Waals surface area (Å²) in [4.78, 5) is 32.7. The Bertz CT molecular complexity index is 1130. The Labute approximate surface area is 141 Å². The summed E-state index contributed by atoms with van der Waals surface area (Å²) >= 11 is 0. The second kappa shape index (κ2) is 5.82. The van der Waals surface area contributed by atoms with Crippen molar-refractivity contribution in [1.82, 2.24) is 24.1 Å². The van der Waals surface area contributed by atoms with E-state index in [0.29, 0.717) is 16.7 Å². The standard InChI is InChI=1S/C17H13N5O3/c23-15-12-9-18-17-19-10-20-22(17)13(12)6-7-21(15)14(16(24)25)8-11-4-2-1-3-5-11/h1-7,9-10,14H,8H2,(H,24,25)/t14-/m0/s1. The summed E-state index contributed by atoms with van der Waals surface area (Å²) in [7, 11) is 0. The highest BCUT2D eigenvalue weighted by molar-refractivity contribution is 5.79. The lowest BCUT2D eigenvalue weighted by atomic mass is 10.1. The van der Waals surface area contributed by atoms with Crippen LogP contribution in [-0.2, 0) is 11.2 Å². The number of fused-ring (bicyclic) bond motifs is 3. The Kier molecular flexibility index (Phi) is 3.50. The van der Waals surface area contributed by atoms with Gasteiger partial charge in [0.15, 0.2) is 0 Å². The molecule has 1 atom stereocenters. The van der Waals surface area contributed by atoms with Crippen molar-refractivity contribution in [2.45, 2.75) is 12.5 Å². The number of rotatable bonds is 4. The first-order chi connectivity index (χ1) is 12.1. The van der Waals surface area contributed by atoms with E-state index in [9.17, 15) is 14.7 Å². The van der Waals surface area contributed by atoms with Crippen LogP contribution in [0, 0.1) is 0 Å². The fraction of sp³-hybridized carbons (Fsp3) is 0.118. The molecular weight excluding hydrogens is 322 g/mol. The van der Waals surface area contributed by atoms with Crippen molar-refractivity contribution in [3.63, 3.8) is 0 Å². The largest absolute Gasteiger partial charge is 0.480 e.